The van der Waals surface area contributed by atoms with Crippen molar-refractivity contribution in [1.82, 2.24) is 10.6 Å². The Kier molecular flexibility index (Phi) is 27.4. The first-order valence-corrected chi connectivity index (χ1v) is 16.8. The summed E-state index contributed by atoms with van der Waals surface area (Å²) in [5.41, 5.74) is 11.0. The summed E-state index contributed by atoms with van der Waals surface area (Å²) < 4.78 is 11.1. The molecule has 0 spiro atoms. The number of ether oxygens (including phenoxy) is 2. The van der Waals surface area contributed by atoms with Crippen molar-refractivity contribution in [1.29, 1.82) is 0 Å². The minimum absolute atomic E-state index is 0.133. The van der Waals surface area contributed by atoms with Crippen molar-refractivity contribution in [2.24, 2.45) is 11.5 Å². The molecule has 0 bridgehead atoms. The molecule has 0 aliphatic heterocycles. The van der Waals surface area contributed by atoms with Crippen LogP contribution in [0, 0.1) is 0 Å². The summed E-state index contributed by atoms with van der Waals surface area (Å²) in [6, 6.07) is 0. The predicted molar refractivity (Wildman–Crippen MR) is 168 cm³/mol. The molecule has 2 atom stereocenters. The second-order valence-electron chi connectivity index (χ2n) is 11.1. The second-order valence-corrected chi connectivity index (χ2v) is 11.1. The normalized spacial score (nSPS) is 12.4. The number of esters is 2. The fraction of sp³-hybridized carbons (Fsp3) is 0.875. The third kappa shape index (κ3) is 22.4. The minimum atomic E-state index is -1.54. The SMILES string of the molecule is CCCNC(=O)[C@H](OC(=O)CCCCCCCCCCN)[C@@H](OC(=O)CCCCCCCCCCN)C(=O)NCCC. The first-order valence-electron chi connectivity index (χ1n) is 16.8. The number of hydrogen-bond acceptors (Lipinski definition) is 8. The van der Waals surface area contributed by atoms with E-state index in [1.807, 2.05) is 13.8 Å². The molecular weight excluding hydrogens is 536 g/mol. The number of nitrogens with two attached hydrogens (primary N) is 2. The highest BCUT2D eigenvalue weighted by Gasteiger charge is 2.39. The Morgan fingerprint density at radius 3 is 1.07 bits per heavy atom. The smallest absolute Gasteiger partial charge is 0.306 e. The molecule has 0 aliphatic carbocycles. The van der Waals surface area contributed by atoms with E-state index < -0.39 is 36.0 Å². The van der Waals surface area contributed by atoms with Gasteiger partial charge in [0.05, 0.1) is 0 Å². The van der Waals surface area contributed by atoms with Crippen LogP contribution < -0.4 is 22.1 Å². The van der Waals surface area contributed by atoms with Gasteiger partial charge in [-0.2, -0.15) is 0 Å². The van der Waals surface area contributed by atoms with Crippen LogP contribution in [0.3, 0.4) is 0 Å². The van der Waals surface area contributed by atoms with Gasteiger partial charge in [0.25, 0.3) is 11.8 Å². The Labute approximate surface area is 255 Å². The highest BCUT2D eigenvalue weighted by Crippen LogP contribution is 2.15. The van der Waals surface area contributed by atoms with Crippen molar-refractivity contribution in [3.8, 4) is 0 Å². The van der Waals surface area contributed by atoms with Crippen LogP contribution in [-0.2, 0) is 28.7 Å². The summed E-state index contributed by atoms with van der Waals surface area (Å²) >= 11 is 0. The molecule has 0 aliphatic rings. The summed E-state index contributed by atoms with van der Waals surface area (Å²) in [6.07, 6.45) is 14.8. The summed E-state index contributed by atoms with van der Waals surface area (Å²) in [5.74, 6) is -2.43. The average molecular weight is 599 g/mol. The first-order chi connectivity index (χ1) is 20.4. The molecular formula is C32H62N4O6. The van der Waals surface area contributed by atoms with Gasteiger partial charge < -0.3 is 31.6 Å². The van der Waals surface area contributed by atoms with E-state index in [1.54, 1.807) is 0 Å². The van der Waals surface area contributed by atoms with Crippen molar-refractivity contribution in [2.45, 2.75) is 154 Å². The topological polar surface area (TPSA) is 163 Å². The molecule has 6 N–H and O–H groups in total. The van der Waals surface area contributed by atoms with Crippen LogP contribution in [0.25, 0.3) is 0 Å². The van der Waals surface area contributed by atoms with Crippen molar-refractivity contribution < 1.29 is 28.7 Å². The molecule has 0 rings (SSSR count). The van der Waals surface area contributed by atoms with Crippen molar-refractivity contribution >= 4 is 23.8 Å². The fourth-order valence-electron chi connectivity index (χ4n) is 4.55. The molecule has 42 heavy (non-hydrogen) atoms. The van der Waals surface area contributed by atoms with Gasteiger partial charge in [-0.15, -0.1) is 0 Å². The lowest BCUT2D eigenvalue weighted by atomic mass is 10.1. The Hall–Kier alpha value is -2.20. The molecule has 0 saturated carbocycles. The van der Waals surface area contributed by atoms with Crippen LogP contribution in [-0.4, -0.2) is 62.1 Å². The van der Waals surface area contributed by atoms with E-state index in [-0.39, 0.29) is 12.8 Å². The van der Waals surface area contributed by atoms with E-state index in [0.29, 0.717) is 38.8 Å². The zero-order chi connectivity index (χ0) is 31.3. The van der Waals surface area contributed by atoms with Crippen LogP contribution in [0.5, 0.6) is 0 Å². The van der Waals surface area contributed by atoms with Crippen LogP contribution in [0.4, 0.5) is 0 Å². The highest BCUT2D eigenvalue weighted by molar-refractivity contribution is 5.93. The van der Waals surface area contributed by atoms with Gasteiger partial charge >= 0.3 is 11.9 Å². The minimum Gasteiger partial charge on any atom is -0.448 e. The maximum absolute atomic E-state index is 13.0. The molecule has 0 saturated heterocycles. The molecule has 10 heteroatoms. The van der Waals surface area contributed by atoms with Crippen molar-refractivity contribution in [2.75, 3.05) is 26.2 Å². The lowest BCUT2D eigenvalue weighted by Crippen LogP contribution is -2.53. The highest BCUT2D eigenvalue weighted by atomic mass is 16.6. The van der Waals surface area contributed by atoms with Gasteiger partial charge in [0.15, 0.2) is 0 Å². The third-order valence-electron chi connectivity index (χ3n) is 7.08. The molecule has 0 aromatic heterocycles. The number of carbonyl (C=O) groups is 4. The number of nitrogens with one attached hydrogen (secondary N) is 2. The van der Waals surface area contributed by atoms with Crippen molar-refractivity contribution in [3.63, 3.8) is 0 Å². The standard InChI is InChI=1S/C32H62N4O6/c1-3-25-35-31(39)29(41-27(37)21-17-13-9-5-7-11-15-19-23-33)30(32(40)36-26-4-2)42-28(38)22-18-14-10-6-8-12-16-20-24-34/h29-30H,3-26,33-34H2,1-2H3,(H,35,39)(H,36,40)/t29-,30-/m1/s1. The number of amides is 2. The lowest BCUT2D eigenvalue weighted by Gasteiger charge is -2.25. The van der Waals surface area contributed by atoms with Crippen LogP contribution >= 0.6 is 0 Å². The number of unbranched alkanes of at least 4 members (excludes halogenated alkanes) is 14. The summed E-state index contributed by atoms with van der Waals surface area (Å²) in [5, 5.41) is 5.38. The van der Waals surface area contributed by atoms with E-state index in [0.717, 1.165) is 90.1 Å². The Bertz CT molecular complexity index is 648. The molecule has 246 valence electrons. The molecule has 0 aromatic rings. The fourth-order valence-corrected chi connectivity index (χ4v) is 4.55. The molecule has 0 aromatic carbocycles. The lowest BCUT2D eigenvalue weighted by molar-refractivity contribution is -0.176. The van der Waals surface area contributed by atoms with Crippen LogP contribution in [0.1, 0.15) is 142 Å². The Balaban J connectivity index is 4.98. The van der Waals surface area contributed by atoms with Crippen LogP contribution in [0.15, 0.2) is 0 Å². The van der Waals surface area contributed by atoms with Gasteiger partial charge in [-0.25, -0.2) is 0 Å². The van der Waals surface area contributed by atoms with Crippen molar-refractivity contribution in [3.05, 3.63) is 0 Å². The Morgan fingerprint density at radius 1 is 0.500 bits per heavy atom. The van der Waals surface area contributed by atoms with Gasteiger partial charge in [0.1, 0.15) is 0 Å². The van der Waals surface area contributed by atoms with Gasteiger partial charge in [-0.1, -0.05) is 90.9 Å². The Morgan fingerprint density at radius 2 is 0.786 bits per heavy atom. The molecule has 10 nitrogen and oxygen atoms in total. The number of carbonyl (C=O) groups excluding carboxylic acids is 4. The predicted octanol–water partition coefficient (Wildman–Crippen LogP) is 4.80. The molecule has 0 unspecified atom stereocenters. The summed E-state index contributed by atoms with van der Waals surface area (Å²) in [7, 11) is 0. The maximum Gasteiger partial charge on any atom is 0.306 e. The second kappa shape index (κ2) is 28.9. The first kappa shape index (κ1) is 39.8. The van der Waals surface area contributed by atoms with Gasteiger partial charge in [-0.05, 0) is 51.6 Å². The average Bonchev–Trinajstić information content (AvgIpc) is 2.98. The summed E-state index contributed by atoms with van der Waals surface area (Å²) in [4.78, 5) is 51.5. The van der Waals surface area contributed by atoms with E-state index in [9.17, 15) is 19.2 Å². The molecule has 0 fully saturated rings. The molecule has 0 heterocycles. The van der Waals surface area contributed by atoms with Crippen LogP contribution in [0.2, 0.25) is 0 Å². The maximum atomic E-state index is 13.0. The number of rotatable bonds is 29. The number of hydrogen-bond donors (Lipinski definition) is 4. The van der Waals surface area contributed by atoms with E-state index in [1.165, 1.54) is 12.8 Å². The van der Waals surface area contributed by atoms with Gasteiger partial charge in [-0.3, -0.25) is 19.2 Å². The van der Waals surface area contributed by atoms with E-state index in [4.69, 9.17) is 20.9 Å². The monoisotopic (exact) mass is 598 g/mol. The molecule has 0 radical (unpaired) electrons. The quantitative estimate of drug-likeness (QED) is 0.0705. The zero-order valence-electron chi connectivity index (χ0n) is 26.7. The van der Waals surface area contributed by atoms with Gasteiger partial charge in [0, 0.05) is 25.9 Å². The third-order valence-corrected chi connectivity index (χ3v) is 7.08. The van der Waals surface area contributed by atoms with E-state index >= 15 is 0 Å². The van der Waals surface area contributed by atoms with E-state index in [2.05, 4.69) is 10.6 Å². The summed E-state index contributed by atoms with van der Waals surface area (Å²) in [6.45, 7) is 5.95. The zero-order valence-corrected chi connectivity index (χ0v) is 26.7. The largest absolute Gasteiger partial charge is 0.448 e. The van der Waals surface area contributed by atoms with Gasteiger partial charge in [0.2, 0.25) is 12.2 Å². The molecule has 2 amide bonds.